The van der Waals surface area contributed by atoms with Crippen molar-refractivity contribution in [1.29, 1.82) is 0 Å². The second-order valence-electron chi connectivity index (χ2n) is 4.28. The maximum absolute atomic E-state index is 12.1. The lowest BCUT2D eigenvalue weighted by molar-refractivity contribution is 0.0682. The Morgan fingerprint density at radius 3 is 2.63 bits per heavy atom. The van der Waals surface area contributed by atoms with Crippen LogP contribution in [0.15, 0.2) is 35.2 Å². The minimum absolute atomic E-state index is 0.0663. The molecule has 6 heteroatoms. The number of hydrogen-bond donors (Lipinski definition) is 1. The van der Waals surface area contributed by atoms with Gasteiger partial charge in [0, 0.05) is 18.2 Å². The minimum Gasteiger partial charge on any atom is -0.394 e. The molecule has 0 fully saturated rings. The topological polar surface area (TPSA) is 79.5 Å². The minimum atomic E-state index is -0.218. The van der Waals surface area contributed by atoms with Crippen LogP contribution in [0.1, 0.15) is 17.3 Å². The fourth-order valence-corrected chi connectivity index (χ4v) is 1.59. The highest BCUT2D eigenvalue weighted by atomic mass is 16.5. The van der Waals surface area contributed by atoms with E-state index in [0.29, 0.717) is 11.4 Å². The van der Waals surface area contributed by atoms with E-state index in [1.54, 1.807) is 38.2 Å². The van der Waals surface area contributed by atoms with Crippen LogP contribution in [0.4, 0.5) is 0 Å². The van der Waals surface area contributed by atoms with E-state index in [1.165, 1.54) is 11.3 Å². The third-order valence-corrected chi connectivity index (χ3v) is 3.00. The summed E-state index contributed by atoms with van der Waals surface area (Å²) in [7, 11) is 1.66. The second-order valence-corrected chi connectivity index (χ2v) is 4.28. The largest absolute Gasteiger partial charge is 0.394 e. The van der Waals surface area contributed by atoms with Crippen LogP contribution in [0.3, 0.4) is 0 Å². The Balaban J connectivity index is 2.17. The Morgan fingerprint density at radius 2 is 2.11 bits per heavy atom. The number of hydrogen-bond acceptors (Lipinski definition) is 5. The van der Waals surface area contributed by atoms with Crippen molar-refractivity contribution >= 4 is 5.91 Å². The smallest absolute Gasteiger partial charge is 0.253 e. The molecule has 6 nitrogen and oxygen atoms in total. The number of aliphatic hydroxyl groups excluding tert-OH is 1. The van der Waals surface area contributed by atoms with E-state index in [0.717, 1.165) is 5.56 Å². The van der Waals surface area contributed by atoms with Gasteiger partial charge in [-0.3, -0.25) is 4.79 Å². The van der Waals surface area contributed by atoms with Gasteiger partial charge in [-0.05, 0) is 19.1 Å². The molecule has 2 rings (SSSR count). The summed E-state index contributed by atoms with van der Waals surface area (Å²) in [5.74, 6) is 0.345. The zero-order valence-electron chi connectivity index (χ0n) is 10.8. The first-order valence-corrected chi connectivity index (χ1v) is 5.88. The van der Waals surface area contributed by atoms with E-state index < -0.39 is 0 Å². The molecule has 0 saturated carbocycles. The quantitative estimate of drug-likeness (QED) is 0.894. The predicted molar refractivity (Wildman–Crippen MR) is 68.4 cm³/mol. The number of rotatable bonds is 4. The summed E-state index contributed by atoms with van der Waals surface area (Å²) in [4.78, 5) is 17.5. The van der Waals surface area contributed by atoms with Gasteiger partial charge in [-0.15, -0.1) is 0 Å². The first kappa shape index (κ1) is 13.2. The van der Waals surface area contributed by atoms with Crippen molar-refractivity contribution in [2.24, 2.45) is 0 Å². The third-order valence-electron chi connectivity index (χ3n) is 3.00. The number of aliphatic hydroxyl groups is 1. The molecule has 1 aromatic carbocycles. The lowest BCUT2D eigenvalue weighted by atomic mass is 10.1. The third kappa shape index (κ3) is 2.79. The number of aromatic nitrogens is 2. The predicted octanol–water partition coefficient (Wildman–Crippen LogP) is 1.19. The van der Waals surface area contributed by atoms with Crippen molar-refractivity contribution < 1.29 is 14.4 Å². The van der Waals surface area contributed by atoms with Gasteiger partial charge in [0.1, 0.15) is 0 Å². The van der Waals surface area contributed by atoms with Gasteiger partial charge in [0.05, 0.1) is 12.6 Å². The van der Waals surface area contributed by atoms with Crippen molar-refractivity contribution in [1.82, 2.24) is 15.0 Å². The van der Waals surface area contributed by atoms with Crippen LogP contribution in [-0.2, 0) is 0 Å². The maximum atomic E-state index is 12.1. The van der Waals surface area contributed by atoms with E-state index in [2.05, 4.69) is 14.7 Å². The molecule has 19 heavy (non-hydrogen) atoms. The molecule has 1 heterocycles. The van der Waals surface area contributed by atoms with Crippen LogP contribution < -0.4 is 0 Å². The summed E-state index contributed by atoms with van der Waals surface area (Å²) in [5, 5.41) is 12.8. The van der Waals surface area contributed by atoms with Gasteiger partial charge in [-0.1, -0.05) is 17.3 Å². The number of likely N-dealkylation sites (N-methyl/N-ethyl adjacent to an activating group) is 1. The normalized spacial score (nSPS) is 12.2. The fourth-order valence-electron chi connectivity index (χ4n) is 1.59. The van der Waals surface area contributed by atoms with E-state index in [9.17, 15) is 4.79 Å². The van der Waals surface area contributed by atoms with Gasteiger partial charge in [-0.2, -0.15) is 4.98 Å². The van der Waals surface area contributed by atoms with Gasteiger partial charge >= 0.3 is 0 Å². The molecule has 1 aromatic heterocycles. The monoisotopic (exact) mass is 261 g/mol. The summed E-state index contributed by atoms with van der Waals surface area (Å²) < 4.78 is 4.67. The Morgan fingerprint density at radius 1 is 1.42 bits per heavy atom. The molecule has 0 aliphatic carbocycles. The van der Waals surface area contributed by atoms with E-state index in [-0.39, 0.29) is 18.6 Å². The fraction of sp³-hybridized carbons (Fsp3) is 0.308. The van der Waals surface area contributed by atoms with Crippen molar-refractivity contribution in [3.05, 3.63) is 36.2 Å². The highest BCUT2D eigenvalue weighted by molar-refractivity contribution is 5.94. The Bertz CT molecular complexity index is 537. The van der Waals surface area contributed by atoms with Crippen LogP contribution >= 0.6 is 0 Å². The van der Waals surface area contributed by atoms with Crippen molar-refractivity contribution in [2.75, 3.05) is 13.7 Å². The summed E-state index contributed by atoms with van der Waals surface area (Å²) in [6, 6.07) is 6.71. The Hall–Kier alpha value is -2.21. The second kappa shape index (κ2) is 5.62. The molecule has 0 saturated heterocycles. The first-order valence-electron chi connectivity index (χ1n) is 5.88. The average molecular weight is 261 g/mol. The van der Waals surface area contributed by atoms with Gasteiger partial charge in [-0.25, -0.2) is 0 Å². The van der Waals surface area contributed by atoms with Crippen LogP contribution in [0, 0.1) is 0 Å². The van der Waals surface area contributed by atoms with Crippen LogP contribution in [0.5, 0.6) is 0 Å². The molecule has 1 unspecified atom stereocenters. The zero-order chi connectivity index (χ0) is 13.8. The van der Waals surface area contributed by atoms with E-state index >= 15 is 0 Å². The number of benzene rings is 1. The Kier molecular flexibility index (Phi) is 3.91. The number of amides is 1. The average Bonchev–Trinajstić information content (AvgIpc) is 2.99. The van der Waals surface area contributed by atoms with E-state index in [1.807, 2.05) is 0 Å². The van der Waals surface area contributed by atoms with Crippen LogP contribution in [0.25, 0.3) is 11.4 Å². The van der Waals surface area contributed by atoms with Gasteiger partial charge in [0.25, 0.3) is 5.91 Å². The summed E-state index contributed by atoms with van der Waals surface area (Å²) in [6.45, 7) is 1.72. The molecular formula is C13H15N3O3. The molecule has 100 valence electrons. The maximum Gasteiger partial charge on any atom is 0.253 e. The number of carbonyl (C=O) groups is 1. The Labute approximate surface area is 110 Å². The molecule has 0 aliphatic rings. The standard InChI is InChI=1S/C13H15N3O3/c1-9(7-17)16(2)13(18)11-5-3-10(4-6-11)12-14-8-19-15-12/h3-6,8-9,17H,7H2,1-2H3. The zero-order valence-corrected chi connectivity index (χ0v) is 10.8. The van der Waals surface area contributed by atoms with Crippen molar-refractivity contribution in [3.63, 3.8) is 0 Å². The molecule has 1 amide bonds. The summed E-state index contributed by atoms with van der Waals surface area (Å²) in [6.07, 6.45) is 1.26. The lowest BCUT2D eigenvalue weighted by Gasteiger charge is -2.23. The number of nitrogens with zero attached hydrogens (tertiary/aromatic N) is 3. The van der Waals surface area contributed by atoms with Crippen LogP contribution in [0.2, 0.25) is 0 Å². The van der Waals surface area contributed by atoms with Crippen molar-refractivity contribution in [2.45, 2.75) is 13.0 Å². The molecule has 2 aromatic rings. The molecular weight excluding hydrogens is 246 g/mol. The highest BCUT2D eigenvalue weighted by Crippen LogP contribution is 2.16. The first-order chi connectivity index (χ1) is 9.13. The van der Waals surface area contributed by atoms with Crippen LogP contribution in [-0.4, -0.2) is 45.8 Å². The molecule has 0 bridgehead atoms. The highest BCUT2D eigenvalue weighted by Gasteiger charge is 2.16. The van der Waals surface area contributed by atoms with Crippen molar-refractivity contribution in [3.8, 4) is 11.4 Å². The van der Waals surface area contributed by atoms with Gasteiger partial charge < -0.3 is 14.5 Å². The molecule has 0 spiro atoms. The van der Waals surface area contributed by atoms with E-state index in [4.69, 9.17) is 5.11 Å². The lowest BCUT2D eigenvalue weighted by Crippen LogP contribution is -2.37. The molecule has 0 radical (unpaired) electrons. The summed E-state index contributed by atoms with van der Waals surface area (Å²) >= 11 is 0. The molecule has 1 N–H and O–H groups in total. The summed E-state index contributed by atoms with van der Waals surface area (Å²) in [5.41, 5.74) is 1.33. The SMILES string of the molecule is CC(CO)N(C)C(=O)c1ccc(-c2ncon2)cc1. The number of carbonyl (C=O) groups excluding carboxylic acids is 1. The van der Waals surface area contributed by atoms with Gasteiger partial charge in [0.2, 0.25) is 12.2 Å². The molecule has 1 atom stereocenters. The molecule has 0 aliphatic heterocycles. The van der Waals surface area contributed by atoms with Gasteiger partial charge in [0.15, 0.2) is 0 Å².